The molecule has 2 aromatic rings. The average molecular weight is 392 g/mol. The highest BCUT2D eigenvalue weighted by Crippen LogP contribution is 2.27. The van der Waals surface area contributed by atoms with E-state index < -0.39 is 0 Å². The number of hydrogen-bond acceptors (Lipinski definition) is 5. The van der Waals surface area contributed by atoms with Gasteiger partial charge in [0.25, 0.3) is 0 Å². The first-order valence-corrected chi connectivity index (χ1v) is 10.3. The molecule has 1 saturated heterocycles. The number of nitrogens with zero attached hydrogens (tertiary/aromatic N) is 1. The van der Waals surface area contributed by atoms with E-state index in [4.69, 9.17) is 15.2 Å². The number of aromatic nitrogens is 2. The highest BCUT2D eigenvalue weighted by atomic mass is 32.1. The third-order valence-electron chi connectivity index (χ3n) is 5.06. The molecule has 1 aromatic heterocycles. The molecule has 1 aromatic carbocycles. The second kappa shape index (κ2) is 12.2. The van der Waals surface area contributed by atoms with Crippen molar-refractivity contribution in [3.05, 3.63) is 53.1 Å². The van der Waals surface area contributed by atoms with E-state index in [2.05, 4.69) is 54.6 Å². The number of aromatic amines is 1. The fourth-order valence-corrected chi connectivity index (χ4v) is 3.53. The van der Waals surface area contributed by atoms with Crippen molar-refractivity contribution >= 4 is 12.6 Å². The number of ether oxygens (including phenoxy) is 2. The van der Waals surface area contributed by atoms with Gasteiger partial charge in [0.05, 0.1) is 19.5 Å². The van der Waals surface area contributed by atoms with Crippen molar-refractivity contribution in [2.45, 2.75) is 32.6 Å². The van der Waals surface area contributed by atoms with E-state index in [1.165, 1.54) is 29.5 Å². The van der Waals surface area contributed by atoms with Crippen LogP contribution < -0.4 is 5.73 Å². The van der Waals surface area contributed by atoms with Crippen molar-refractivity contribution in [2.24, 2.45) is 11.7 Å². The summed E-state index contributed by atoms with van der Waals surface area (Å²) in [7, 11) is 0. The Morgan fingerprint density at radius 2 is 2.11 bits per heavy atom. The molecule has 0 amide bonds. The van der Waals surface area contributed by atoms with E-state index in [0.29, 0.717) is 19.8 Å². The lowest BCUT2D eigenvalue weighted by Gasteiger charge is -2.19. The van der Waals surface area contributed by atoms with Crippen LogP contribution in [0.1, 0.15) is 41.1 Å². The topological polar surface area (TPSA) is 73.2 Å². The number of thiol groups is 1. The Morgan fingerprint density at radius 3 is 2.70 bits per heavy atom. The van der Waals surface area contributed by atoms with Crippen molar-refractivity contribution < 1.29 is 9.47 Å². The minimum atomic E-state index is 0.175. The van der Waals surface area contributed by atoms with Crippen LogP contribution in [0.4, 0.5) is 0 Å². The highest BCUT2D eigenvalue weighted by Gasteiger charge is 2.18. The van der Waals surface area contributed by atoms with Gasteiger partial charge < -0.3 is 20.2 Å². The second-order valence-electron chi connectivity index (χ2n) is 6.95. The van der Waals surface area contributed by atoms with Crippen LogP contribution in [0.2, 0.25) is 0 Å². The summed E-state index contributed by atoms with van der Waals surface area (Å²) in [5.41, 5.74) is 10.4. The van der Waals surface area contributed by atoms with Crippen LogP contribution >= 0.6 is 12.6 Å². The number of nitrogens with one attached hydrogen (secondary N) is 1. The molecule has 1 unspecified atom stereocenters. The third kappa shape index (κ3) is 6.96. The summed E-state index contributed by atoms with van der Waals surface area (Å²) in [5.74, 6) is 2.03. The molecular weight excluding hydrogens is 358 g/mol. The molecule has 3 rings (SSSR count). The molecule has 150 valence electrons. The summed E-state index contributed by atoms with van der Waals surface area (Å²) < 4.78 is 10.8. The minimum absolute atomic E-state index is 0.175. The van der Waals surface area contributed by atoms with Gasteiger partial charge >= 0.3 is 0 Å². The van der Waals surface area contributed by atoms with Crippen molar-refractivity contribution in [2.75, 3.05) is 38.7 Å². The Labute approximate surface area is 168 Å². The number of rotatable bonds is 7. The minimum Gasteiger partial charge on any atom is -0.381 e. The van der Waals surface area contributed by atoms with Gasteiger partial charge in [0.2, 0.25) is 0 Å². The Bertz CT molecular complexity index is 643. The predicted octanol–water partition coefficient (Wildman–Crippen LogP) is 3.48. The summed E-state index contributed by atoms with van der Waals surface area (Å²) in [4.78, 5) is 7.30. The maximum atomic E-state index is 5.65. The van der Waals surface area contributed by atoms with E-state index >= 15 is 0 Å². The van der Waals surface area contributed by atoms with Gasteiger partial charge in [0.15, 0.2) is 0 Å². The van der Waals surface area contributed by atoms with Crippen LogP contribution in [0, 0.1) is 19.8 Å². The molecular formula is C21H33N3O2S. The zero-order chi connectivity index (χ0) is 19.5. The monoisotopic (exact) mass is 391 g/mol. The smallest absolute Gasteiger partial charge is 0.0921 e. The number of aryl methyl sites for hydroxylation is 1. The molecule has 5 nitrogen and oxygen atoms in total. The van der Waals surface area contributed by atoms with Gasteiger partial charge in [-0.2, -0.15) is 12.6 Å². The van der Waals surface area contributed by atoms with E-state index in [9.17, 15) is 0 Å². The molecule has 0 bridgehead atoms. The Morgan fingerprint density at radius 1 is 1.33 bits per heavy atom. The fourth-order valence-electron chi connectivity index (χ4n) is 3.17. The van der Waals surface area contributed by atoms with Gasteiger partial charge in [-0.1, -0.05) is 18.2 Å². The SMILES string of the molecule is Cc1cccc(C(COCCN)c2cnc[nH]2)c1C.SCC1CCOCC1. The lowest BCUT2D eigenvalue weighted by atomic mass is 9.91. The van der Waals surface area contributed by atoms with Gasteiger partial charge in [-0.25, -0.2) is 4.98 Å². The summed E-state index contributed by atoms with van der Waals surface area (Å²) in [6, 6.07) is 6.37. The second-order valence-corrected chi connectivity index (χ2v) is 7.32. The lowest BCUT2D eigenvalue weighted by Crippen LogP contribution is -2.16. The molecule has 0 radical (unpaired) electrons. The summed E-state index contributed by atoms with van der Waals surface area (Å²) in [6.45, 7) is 7.92. The molecule has 0 saturated carbocycles. The Balaban J connectivity index is 0.000000273. The van der Waals surface area contributed by atoms with Gasteiger partial charge in [0.1, 0.15) is 0 Å². The van der Waals surface area contributed by atoms with Crippen LogP contribution in [0.25, 0.3) is 0 Å². The average Bonchev–Trinajstić information content (AvgIpc) is 3.23. The Kier molecular flexibility index (Phi) is 9.91. The molecule has 3 N–H and O–H groups in total. The van der Waals surface area contributed by atoms with Crippen molar-refractivity contribution in [3.63, 3.8) is 0 Å². The molecule has 1 atom stereocenters. The van der Waals surface area contributed by atoms with Crippen molar-refractivity contribution in [1.29, 1.82) is 0 Å². The molecule has 0 spiro atoms. The lowest BCUT2D eigenvalue weighted by molar-refractivity contribution is 0.0729. The van der Waals surface area contributed by atoms with Gasteiger partial charge in [0, 0.05) is 37.6 Å². The quantitative estimate of drug-likeness (QED) is 0.499. The number of H-pyrrole nitrogens is 1. The largest absolute Gasteiger partial charge is 0.381 e. The molecule has 6 heteroatoms. The van der Waals surface area contributed by atoms with Gasteiger partial charge in [-0.05, 0) is 55.1 Å². The van der Waals surface area contributed by atoms with E-state index in [1.807, 2.05) is 6.20 Å². The van der Waals surface area contributed by atoms with Crippen LogP contribution in [0.15, 0.2) is 30.7 Å². The summed E-state index contributed by atoms with van der Waals surface area (Å²) in [5, 5.41) is 0. The number of nitrogens with two attached hydrogens (primary N) is 1. The Hall–Kier alpha value is -1.34. The third-order valence-corrected chi connectivity index (χ3v) is 5.58. The predicted molar refractivity (Wildman–Crippen MR) is 114 cm³/mol. The first kappa shape index (κ1) is 22.0. The normalized spacial score (nSPS) is 15.9. The van der Waals surface area contributed by atoms with Crippen molar-refractivity contribution in [1.82, 2.24) is 9.97 Å². The van der Waals surface area contributed by atoms with Gasteiger partial charge in [-0.3, -0.25) is 0 Å². The van der Waals surface area contributed by atoms with Crippen LogP contribution in [-0.4, -0.2) is 48.7 Å². The maximum Gasteiger partial charge on any atom is 0.0921 e. The van der Waals surface area contributed by atoms with Crippen LogP contribution in [0.5, 0.6) is 0 Å². The van der Waals surface area contributed by atoms with Crippen LogP contribution in [-0.2, 0) is 9.47 Å². The van der Waals surface area contributed by atoms with E-state index in [-0.39, 0.29) is 5.92 Å². The number of benzene rings is 1. The zero-order valence-electron chi connectivity index (χ0n) is 16.5. The van der Waals surface area contributed by atoms with E-state index in [0.717, 1.165) is 30.6 Å². The molecule has 1 aliphatic heterocycles. The molecule has 27 heavy (non-hydrogen) atoms. The molecule has 1 fully saturated rings. The first-order chi connectivity index (χ1) is 13.2. The highest BCUT2D eigenvalue weighted by molar-refractivity contribution is 7.80. The molecule has 2 heterocycles. The summed E-state index contributed by atoms with van der Waals surface area (Å²) in [6.07, 6.45) is 5.99. The van der Waals surface area contributed by atoms with Gasteiger partial charge in [-0.15, -0.1) is 0 Å². The fraction of sp³-hybridized carbons (Fsp3) is 0.571. The maximum absolute atomic E-state index is 5.65. The molecule has 0 aliphatic carbocycles. The number of imidazole rings is 1. The summed E-state index contributed by atoms with van der Waals surface area (Å²) >= 11 is 4.21. The molecule has 1 aliphatic rings. The van der Waals surface area contributed by atoms with E-state index in [1.54, 1.807) is 6.33 Å². The van der Waals surface area contributed by atoms with Crippen LogP contribution in [0.3, 0.4) is 0 Å². The number of hydrogen-bond donors (Lipinski definition) is 3. The van der Waals surface area contributed by atoms with Crippen molar-refractivity contribution in [3.8, 4) is 0 Å². The standard InChI is InChI=1S/C15H21N3O.C6H12OS/c1-11-4-3-5-13(12(11)2)14(9-19-7-6-16)15-8-17-10-18-15;8-5-6-1-3-7-4-2-6/h3-5,8,10,14H,6-7,9,16H2,1-2H3,(H,17,18);6,8H,1-5H2. The first-order valence-electron chi connectivity index (χ1n) is 9.68. The zero-order valence-corrected chi connectivity index (χ0v) is 17.4.